The molecule has 0 atom stereocenters. The maximum Gasteiger partial charge on any atom is 0.254 e. The van der Waals surface area contributed by atoms with Crippen LogP contribution in [0.5, 0.6) is 11.5 Å². The Morgan fingerprint density at radius 2 is 1.72 bits per heavy atom. The van der Waals surface area contributed by atoms with Crippen molar-refractivity contribution in [3.05, 3.63) is 70.7 Å². The summed E-state index contributed by atoms with van der Waals surface area (Å²) in [5.74, 6) is 0.576. The molecule has 0 saturated carbocycles. The number of ether oxygens (including phenoxy) is 3. The van der Waals surface area contributed by atoms with Crippen molar-refractivity contribution in [1.29, 1.82) is 0 Å². The molecule has 0 aliphatic carbocycles. The molecule has 2 aromatic carbocycles. The highest BCUT2D eigenvalue weighted by atomic mass is 32.1. The summed E-state index contributed by atoms with van der Waals surface area (Å²) in [5, 5.41) is 4.85. The molecule has 0 radical (unpaired) electrons. The van der Waals surface area contributed by atoms with E-state index in [0.29, 0.717) is 47.5 Å². The molecule has 1 aromatic heterocycles. The van der Waals surface area contributed by atoms with E-state index in [9.17, 15) is 14.4 Å². The Kier molecular flexibility index (Phi) is 11.3. The molecule has 0 spiro atoms. The number of amides is 3. The van der Waals surface area contributed by atoms with Crippen molar-refractivity contribution in [1.82, 2.24) is 14.8 Å². The van der Waals surface area contributed by atoms with Crippen molar-refractivity contribution in [3.63, 3.8) is 0 Å². The zero-order valence-corrected chi connectivity index (χ0v) is 23.5. The molecule has 1 N–H and O–H groups in total. The van der Waals surface area contributed by atoms with Gasteiger partial charge in [-0.1, -0.05) is 24.3 Å². The fraction of sp³-hybridized carbons (Fsp3) is 0.357. The molecule has 0 aliphatic heterocycles. The lowest BCUT2D eigenvalue weighted by Gasteiger charge is -2.21. The second-order valence-corrected chi connectivity index (χ2v) is 9.57. The highest BCUT2D eigenvalue weighted by Gasteiger charge is 2.20. The maximum absolute atomic E-state index is 12.9. The lowest BCUT2D eigenvalue weighted by Crippen LogP contribution is -2.40. The van der Waals surface area contributed by atoms with Gasteiger partial charge in [-0.05, 0) is 36.2 Å². The van der Waals surface area contributed by atoms with Crippen LogP contribution in [-0.2, 0) is 27.2 Å². The first-order chi connectivity index (χ1) is 18.8. The Bertz CT molecular complexity index is 1250. The average molecular weight is 555 g/mol. The Labute approximate surface area is 232 Å². The number of anilines is 1. The molecule has 3 amide bonds. The number of hydrogen-bond donors (Lipinski definition) is 1. The lowest BCUT2D eigenvalue weighted by molar-refractivity contribution is -0.129. The molecular formula is C28H34N4O6S. The van der Waals surface area contributed by atoms with Crippen LogP contribution in [0.1, 0.15) is 21.6 Å². The summed E-state index contributed by atoms with van der Waals surface area (Å²) in [6.07, 6.45) is 0.767. The molecule has 1 heterocycles. The molecule has 0 fully saturated rings. The fourth-order valence-electron chi connectivity index (χ4n) is 3.74. The van der Waals surface area contributed by atoms with Gasteiger partial charge in [0.2, 0.25) is 11.8 Å². The van der Waals surface area contributed by atoms with Gasteiger partial charge in [-0.25, -0.2) is 4.98 Å². The molecule has 11 heteroatoms. The number of carbonyl (C=O) groups is 3. The third-order valence-electron chi connectivity index (χ3n) is 5.95. The van der Waals surface area contributed by atoms with Gasteiger partial charge in [-0.3, -0.25) is 14.4 Å². The largest absolute Gasteiger partial charge is 0.493 e. The van der Waals surface area contributed by atoms with Gasteiger partial charge in [0.15, 0.2) is 16.6 Å². The van der Waals surface area contributed by atoms with Crippen molar-refractivity contribution < 1.29 is 28.6 Å². The standard InChI is InChI=1S/C28H34N4O6S/c1-31(13-12-20-10-11-23(37-3)24(16-20)38-4)26(34)17-22-19-39-28(29-22)30-25(33)18-32(14-15-36-2)27(35)21-8-6-5-7-9-21/h5-11,16,19H,12-15,17-18H2,1-4H3,(H,29,30,33). The van der Waals surface area contributed by atoms with E-state index in [1.165, 1.54) is 23.3 Å². The summed E-state index contributed by atoms with van der Waals surface area (Å²) < 4.78 is 15.7. The van der Waals surface area contributed by atoms with Crippen LogP contribution in [0.25, 0.3) is 0 Å². The monoisotopic (exact) mass is 554 g/mol. The van der Waals surface area contributed by atoms with Gasteiger partial charge in [0, 0.05) is 38.2 Å². The number of thiazole rings is 1. The van der Waals surface area contributed by atoms with Crippen LogP contribution < -0.4 is 14.8 Å². The van der Waals surface area contributed by atoms with Crippen molar-refractivity contribution in [3.8, 4) is 11.5 Å². The minimum absolute atomic E-state index is 0.0853. The molecular weight excluding hydrogens is 520 g/mol. The predicted molar refractivity (Wildman–Crippen MR) is 150 cm³/mol. The summed E-state index contributed by atoms with van der Waals surface area (Å²) >= 11 is 1.23. The molecule has 208 valence electrons. The smallest absolute Gasteiger partial charge is 0.254 e. The van der Waals surface area contributed by atoms with Gasteiger partial charge in [-0.15, -0.1) is 11.3 Å². The van der Waals surface area contributed by atoms with Gasteiger partial charge >= 0.3 is 0 Å². The Morgan fingerprint density at radius 3 is 2.41 bits per heavy atom. The van der Waals surface area contributed by atoms with E-state index >= 15 is 0 Å². The minimum Gasteiger partial charge on any atom is -0.493 e. The third kappa shape index (κ3) is 8.79. The number of nitrogens with zero attached hydrogens (tertiary/aromatic N) is 3. The van der Waals surface area contributed by atoms with Crippen LogP contribution >= 0.6 is 11.3 Å². The first-order valence-corrected chi connectivity index (χ1v) is 13.2. The molecule has 0 aliphatic rings. The lowest BCUT2D eigenvalue weighted by atomic mass is 10.1. The number of rotatable bonds is 14. The van der Waals surface area contributed by atoms with E-state index in [0.717, 1.165) is 5.56 Å². The number of benzene rings is 2. The molecule has 0 saturated heterocycles. The van der Waals surface area contributed by atoms with E-state index in [1.54, 1.807) is 55.8 Å². The SMILES string of the molecule is COCCN(CC(=O)Nc1nc(CC(=O)N(C)CCc2ccc(OC)c(OC)c2)cs1)C(=O)c1ccccc1. The summed E-state index contributed by atoms with van der Waals surface area (Å²) in [6.45, 7) is 0.943. The Hall–Kier alpha value is -3.96. The zero-order valence-electron chi connectivity index (χ0n) is 22.6. The van der Waals surface area contributed by atoms with Crippen LogP contribution in [0, 0.1) is 0 Å². The van der Waals surface area contributed by atoms with E-state index in [2.05, 4.69) is 10.3 Å². The average Bonchev–Trinajstić information content (AvgIpc) is 3.39. The van der Waals surface area contributed by atoms with E-state index in [4.69, 9.17) is 14.2 Å². The molecule has 0 unspecified atom stereocenters. The first kappa shape index (κ1) is 29.6. The third-order valence-corrected chi connectivity index (χ3v) is 6.75. The second kappa shape index (κ2) is 14.8. The van der Waals surface area contributed by atoms with Crippen molar-refractivity contribution >= 4 is 34.2 Å². The number of aromatic nitrogens is 1. The normalized spacial score (nSPS) is 10.6. The fourth-order valence-corrected chi connectivity index (χ4v) is 4.47. The zero-order chi connectivity index (χ0) is 28.2. The number of methoxy groups -OCH3 is 3. The van der Waals surface area contributed by atoms with E-state index in [-0.39, 0.29) is 37.2 Å². The first-order valence-electron chi connectivity index (χ1n) is 12.4. The second-order valence-electron chi connectivity index (χ2n) is 8.71. The van der Waals surface area contributed by atoms with Gasteiger partial charge in [0.25, 0.3) is 5.91 Å². The van der Waals surface area contributed by atoms with Gasteiger partial charge < -0.3 is 29.3 Å². The van der Waals surface area contributed by atoms with E-state index in [1.807, 2.05) is 24.3 Å². The number of likely N-dealkylation sites (N-methyl/N-ethyl adjacent to an activating group) is 1. The topological polar surface area (TPSA) is 110 Å². The van der Waals surface area contributed by atoms with Crippen molar-refractivity contribution in [2.24, 2.45) is 0 Å². The summed E-state index contributed by atoms with van der Waals surface area (Å²) in [4.78, 5) is 45.8. The summed E-state index contributed by atoms with van der Waals surface area (Å²) in [7, 11) is 6.46. The Morgan fingerprint density at radius 1 is 0.974 bits per heavy atom. The van der Waals surface area contributed by atoms with Crippen molar-refractivity contribution in [2.75, 3.05) is 59.9 Å². The van der Waals surface area contributed by atoms with Crippen LogP contribution in [0.15, 0.2) is 53.9 Å². The van der Waals surface area contributed by atoms with Crippen molar-refractivity contribution in [2.45, 2.75) is 12.8 Å². The number of nitrogens with one attached hydrogen (secondary N) is 1. The van der Waals surface area contributed by atoms with Gasteiger partial charge in [0.1, 0.15) is 6.54 Å². The molecule has 39 heavy (non-hydrogen) atoms. The van der Waals surface area contributed by atoms with Gasteiger partial charge in [-0.2, -0.15) is 0 Å². The predicted octanol–water partition coefficient (Wildman–Crippen LogP) is 3.13. The summed E-state index contributed by atoms with van der Waals surface area (Å²) in [5.41, 5.74) is 2.08. The molecule has 3 rings (SSSR count). The summed E-state index contributed by atoms with van der Waals surface area (Å²) in [6, 6.07) is 14.5. The molecule has 10 nitrogen and oxygen atoms in total. The Balaban J connectivity index is 1.51. The van der Waals surface area contributed by atoms with E-state index < -0.39 is 0 Å². The molecule has 3 aromatic rings. The number of hydrogen-bond acceptors (Lipinski definition) is 8. The van der Waals surface area contributed by atoms with Crippen LogP contribution in [0.4, 0.5) is 5.13 Å². The highest BCUT2D eigenvalue weighted by Crippen LogP contribution is 2.27. The van der Waals surface area contributed by atoms with Crippen LogP contribution in [0.2, 0.25) is 0 Å². The van der Waals surface area contributed by atoms with Gasteiger partial charge in [0.05, 0.1) is 32.9 Å². The number of carbonyl (C=O) groups excluding carboxylic acids is 3. The van der Waals surface area contributed by atoms with Crippen LogP contribution in [-0.4, -0.2) is 87.1 Å². The maximum atomic E-state index is 12.9. The molecule has 0 bridgehead atoms. The minimum atomic E-state index is -0.380. The quantitative estimate of drug-likeness (QED) is 0.326. The van der Waals surface area contributed by atoms with Crippen LogP contribution in [0.3, 0.4) is 0 Å². The highest BCUT2D eigenvalue weighted by molar-refractivity contribution is 7.13.